The van der Waals surface area contributed by atoms with Gasteiger partial charge in [-0.3, -0.25) is 19.3 Å². The highest BCUT2D eigenvalue weighted by molar-refractivity contribution is 7.13. The molecule has 9 heteroatoms. The van der Waals surface area contributed by atoms with Crippen LogP contribution < -0.4 is 10.5 Å². The molecule has 1 aliphatic rings. The number of carbonyl (C=O) groups is 2. The SMILES string of the molecule is Cn1nc(-c2cccs2)cc1C(=O)N1CCCC(Oc2ccnc(C(N)=O)c2)C1. The van der Waals surface area contributed by atoms with Crippen molar-refractivity contribution >= 4 is 23.2 Å². The molecule has 0 spiro atoms. The first-order chi connectivity index (χ1) is 14.0. The first-order valence-electron chi connectivity index (χ1n) is 9.31. The van der Waals surface area contributed by atoms with Gasteiger partial charge in [-0.25, -0.2) is 0 Å². The lowest BCUT2D eigenvalue weighted by Crippen LogP contribution is -2.44. The Balaban J connectivity index is 1.46. The van der Waals surface area contributed by atoms with E-state index < -0.39 is 5.91 Å². The van der Waals surface area contributed by atoms with Crippen molar-refractivity contribution in [3.8, 4) is 16.3 Å². The summed E-state index contributed by atoms with van der Waals surface area (Å²) < 4.78 is 7.62. The average Bonchev–Trinajstić information content (AvgIpc) is 3.37. The predicted molar refractivity (Wildman–Crippen MR) is 109 cm³/mol. The number of carbonyl (C=O) groups excluding carboxylic acids is 2. The molecule has 29 heavy (non-hydrogen) atoms. The summed E-state index contributed by atoms with van der Waals surface area (Å²) in [5.41, 5.74) is 6.78. The van der Waals surface area contributed by atoms with Crippen LogP contribution in [0.4, 0.5) is 0 Å². The minimum atomic E-state index is -0.603. The third-order valence-electron chi connectivity index (χ3n) is 4.82. The number of ether oxygens (including phenoxy) is 1. The number of rotatable bonds is 5. The van der Waals surface area contributed by atoms with Gasteiger partial charge in [-0.1, -0.05) is 6.07 Å². The van der Waals surface area contributed by atoms with E-state index in [1.54, 1.807) is 34.0 Å². The van der Waals surface area contributed by atoms with E-state index in [-0.39, 0.29) is 17.7 Å². The number of hydrogen-bond acceptors (Lipinski definition) is 6. The second-order valence-corrected chi connectivity index (χ2v) is 7.84. The number of nitrogens with two attached hydrogens (primary N) is 1. The minimum Gasteiger partial charge on any atom is -0.488 e. The normalized spacial score (nSPS) is 16.6. The molecule has 0 aliphatic carbocycles. The molecular weight excluding hydrogens is 390 g/mol. The highest BCUT2D eigenvalue weighted by Gasteiger charge is 2.28. The summed E-state index contributed by atoms with van der Waals surface area (Å²) >= 11 is 1.59. The van der Waals surface area contributed by atoms with Crippen molar-refractivity contribution in [1.82, 2.24) is 19.7 Å². The Hall–Kier alpha value is -3.20. The topological polar surface area (TPSA) is 103 Å². The fourth-order valence-electron chi connectivity index (χ4n) is 3.40. The Bertz CT molecular complexity index is 1030. The highest BCUT2D eigenvalue weighted by atomic mass is 32.1. The number of aromatic nitrogens is 3. The standard InChI is InChI=1S/C20H21N5O3S/c1-24-17(11-15(23-24)18-5-3-9-29-18)20(27)25-8-2-4-14(12-25)28-13-6-7-22-16(10-13)19(21)26/h3,5-7,9-11,14H,2,4,8,12H2,1H3,(H2,21,26). The van der Waals surface area contributed by atoms with Gasteiger partial charge in [-0.2, -0.15) is 5.10 Å². The van der Waals surface area contributed by atoms with Gasteiger partial charge in [0.1, 0.15) is 28.9 Å². The molecule has 4 heterocycles. The van der Waals surface area contributed by atoms with Crippen LogP contribution in [-0.4, -0.2) is 50.7 Å². The van der Waals surface area contributed by atoms with Crippen LogP contribution >= 0.6 is 11.3 Å². The molecule has 1 aliphatic heterocycles. The maximum absolute atomic E-state index is 13.1. The first-order valence-corrected chi connectivity index (χ1v) is 10.2. The maximum atomic E-state index is 13.1. The largest absolute Gasteiger partial charge is 0.488 e. The van der Waals surface area contributed by atoms with E-state index in [1.807, 2.05) is 23.6 Å². The molecule has 0 saturated carbocycles. The maximum Gasteiger partial charge on any atom is 0.272 e. The van der Waals surface area contributed by atoms with E-state index in [0.717, 1.165) is 23.4 Å². The molecule has 4 rings (SSSR count). The van der Waals surface area contributed by atoms with Crippen LogP contribution in [0.1, 0.15) is 33.8 Å². The lowest BCUT2D eigenvalue weighted by molar-refractivity contribution is 0.0528. The molecule has 3 aromatic rings. The van der Waals surface area contributed by atoms with Crippen molar-refractivity contribution in [2.45, 2.75) is 18.9 Å². The van der Waals surface area contributed by atoms with Crippen LogP contribution in [0.3, 0.4) is 0 Å². The van der Waals surface area contributed by atoms with Gasteiger partial charge >= 0.3 is 0 Å². The summed E-state index contributed by atoms with van der Waals surface area (Å²) in [6.07, 6.45) is 2.98. The molecule has 8 nitrogen and oxygen atoms in total. The Morgan fingerprint density at radius 1 is 1.31 bits per heavy atom. The van der Waals surface area contributed by atoms with Gasteiger partial charge in [0, 0.05) is 25.9 Å². The number of piperidine rings is 1. The molecule has 0 aromatic carbocycles. The Morgan fingerprint density at radius 3 is 2.93 bits per heavy atom. The van der Waals surface area contributed by atoms with E-state index in [9.17, 15) is 9.59 Å². The fourth-order valence-corrected chi connectivity index (χ4v) is 4.09. The number of likely N-dealkylation sites (tertiary alicyclic amines) is 1. The van der Waals surface area contributed by atoms with Crippen molar-refractivity contribution < 1.29 is 14.3 Å². The zero-order valence-electron chi connectivity index (χ0n) is 15.9. The monoisotopic (exact) mass is 411 g/mol. The second kappa shape index (κ2) is 8.04. The van der Waals surface area contributed by atoms with Crippen LogP contribution in [0.2, 0.25) is 0 Å². The molecular formula is C20H21N5O3S. The number of aryl methyl sites for hydroxylation is 1. The van der Waals surface area contributed by atoms with Crippen molar-refractivity contribution in [2.75, 3.05) is 13.1 Å². The second-order valence-electron chi connectivity index (χ2n) is 6.89. The van der Waals surface area contributed by atoms with Gasteiger partial charge in [0.25, 0.3) is 11.8 Å². The Morgan fingerprint density at radius 2 is 2.17 bits per heavy atom. The van der Waals surface area contributed by atoms with Crippen LogP contribution in [0.25, 0.3) is 10.6 Å². The van der Waals surface area contributed by atoms with Gasteiger partial charge in [-0.05, 0) is 36.4 Å². The molecule has 0 bridgehead atoms. The Kier molecular flexibility index (Phi) is 5.30. The van der Waals surface area contributed by atoms with E-state index in [2.05, 4.69) is 10.1 Å². The number of hydrogen-bond donors (Lipinski definition) is 1. The molecule has 2 N–H and O–H groups in total. The van der Waals surface area contributed by atoms with Crippen molar-refractivity contribution in [3.05, 3.63) is 53.3 Å². The number of thiophene rings is 1. The quantitative estimate of drug-likeness (QED) is 0.694. The van der Waals surface area contributed by atoms with Gasteiger partial charge in [0.2, 0.25) is 0 Å². The van der Waals surface area contributed by atoms with Crippen LogP contribution in [0, 0.1) is 0 Å². The summed E-state index contributed by atoms with van der Waals surface area (Å²) in [6.45, 7) is 1.13. The number of primary amides is 1. The van der Waals surface area contributed by atoms with E-state index in [0.29, 0.717) is 24.5 Å². The number of nitrogens with zero attached hydrogens (tertiary/aromatic N) is 4. The van der Waals surface area contributed by atoms with Crippen molar-refractivity contribution in [1.29, 1.82) is 0 Å². The number of pyridine rings is 1. The third-order valence-corrected chi connectivity index (χ3v) is 5.72. The van der Waals surface area contributed by atoms with Gasteiger partial charge in [0.05, 0.1) is 11.4 Å². The zero-order chi connectivity index (χ0) is 20.4. The van der Waals surface area contributed by atoms with Crippen LogP contribution in [0.15, 0.2) is 41.9 Å². The van der Waals surface area contributed by atoms with E-state index in [1.165, 1.54) is 12.3 Å². The lowest BCUT2D eigenvalue weighted by Gasteiger charge is -2.32. The van der Waals surface area contributed by atoms with E-state index in [4.69, 9.17) is 10.5 Å². The predicted octanol–water partition coefficient (Wildman–Crippen LogP) is 2.33. The molecule has 150 valence electrons. The minimum absolute atomic E-state index is 0.0661. The summed E-state index contributed by atoms with van der Waals surface area (Å²) in [7, 11) is 1.78. The average molecular weight is 411 g/mol. The van der Waals surface area contributed by atoms with Crippen molar-refractivity contribution in [2.24, 2.45) is 12.8 Å². The molecule has 0 radical (unpaired) electrons. The summed E-state index contributed by atoms with van der Waals surface area (Å²) in [6, 6.07) is 8.99. The van der Waals surface area contributed by atoms with Crippen LogP contribution in [-0.2, 0) is 7.05 Å². The molecule has 3 aromatic heterocycles. The molecule has 1 unspecified atom stereocenters. The molecule has 1 fully saturated rings. The zero-order valence-corrected chi connectivity index (χ0v) is 16.8. The summed E-state index contributed by atoms with van der Waals surface area (Å²) in [5, 5.41) is 6.47. The van der Waals surface area contributed by atoms with Crippen molar-refractivity contribution in [3.63, 3.8) is 0 Å². The van der Waals surface area contributed by atoms with Crippen LogP contribution in [0.5, 0.6) is 5.75 Å². The molecule has 2 amide bonds. The smallest absolute Gasteiger partial charge is 0.272 e. The van der Waals surface area contributed by atoms with Gasteiger partial charge < -0.3 is 15.4 Å². The Labute approximate surface area is 171 Å². The van der Waals surface area contributed by atoms with Gasteiger partial charge in [-0.15, -0.1) is 11.3 Å². The lowest BCUT2D eigenvalue weighted by atomic mass is 10.1. The third kappa shape index (κ3) is 4.14. The molecule has 1 atom stereocenters. The summed E-state index contributed by atoms with van der Waals surface area (Å²) in [5.74, 6) is -0.147. The fraction of sp³-hybridized carbons (Fsp3) is 0.300. The molecule has 1 saturated heterocycles. The van der Waals surface area contributed by atoms with E-state index >= 15 is 0 Å². The number of amides is 2. The first kappa shape index (κ1) is 19.1. The summed E-state index contributed by atoms with van der Waals surface area (Å²) in [4.78, 5) is 31.1. The van der Waals surface area contributed by atoms with Gasteiger partial charge in [0.15, 0.2) is 0 Å². The highest BCUT2D eigenvalue weighted by Crippen LogP contribution is 2.25.